The van der Waals surface area contributed by atoms with Gasteiger partial charge >= 0.3 is 0 Å². The van der Waals surface area contributed by atoms with Crippen LogP contribution in [0, 0.1) is 11.8 Å². The lowest BCUT2D eigenvalue weighted by Gasteiger charge is -2.29. The molecule has 21 heavy (non-hydrogen) atoms. The van der Waals surface area contributed by atoms with Crippen LogP contribution in [-0.2, 0) is 0 Å². The van der Waals surface area contributed by atoms with E-state index in [0.717, 1.165) is 12.8 Å². The van der Waals surface area contributed by atoms with Crippen LogP contribution in [-0.4, -0.2) is 35.0 Å². The minimum atomic E-state index is -0.112. The first-order valence-corrected chi connectivity index (χ1v) is 8.31. The summed E-state index contributed by atoms with van der Waals surface area (Å²) in [6, 6.07) is 1.69. The smallest absolute Gasteiger partial charge is 0.252 e. The van der Waals surface area contributed by atoms with Crippen LogP contribution in [0.1, 0.15) is 42.6 Å². The van der Waals surface area contributed by atoms with Crippen LogP contribution in [0.4, 0.5) is 0 Å². The number of thioether (sulfide) groups is 1. The molecule has 0 aliphatic rings. The highest BCUT2D eigenvalue weighted by Gasteiger charge is 2.25. The van der Waals surface area contributed by atoms with Gasteiger partial charge in [0.25, 0.3) is 5.91 Å². The summed E-state index contributed by atoms with van der Waals surface area (Å²) >= 11 is 1.80. The molecule has 1 amide bonds. The molecule has 0 spiro atoms. The molecule has 4 nitrogen and oxygen atoms in total. The third-order valence-electron chi connectivity index (χ3n) is 3.68. The Hall–Kier alpha value is -1.51. The largest absolute Gasteiger partial charge is 0.351 e. The van der Waals surface area contributed by atoms with Crippen molar-refractivity contribution in [3.8, 4) is 11.8 Å². The molecule has 0 unspecified atom stereocenters. The Balaban J connectivity index is 2.85. The number of hydrogen-bond donors (Lipinski definition) is 2. The summed E-state index contributed by atoms with van der Waals surface area (Å²) in [6.07, 6.45) is 7.31. The number of hydrogen-bond acceptors (Lipinski definition) is 4. The highest BCUT2D eigenvalue weighted by atomic mass is 32.2. The van der Waals surface area contributed by atoms with Gasteiger partial charge in [-0.1, -0.05) is 25.7 Å². The minimum Gasteiger partial charge on any atom is -0.351 e. The summed E-state index contributed by atoms with van der Waals surface area (Å²) in [6.45, 7) is 5.21. The van der Waals surface area contributed by atoms with Crippen molar-refractivity contribution in [2.24, 2.45) is 5.73 Å². The first-order chi connectivity index (χ1) is 10.1. The van der Waals surface area contributed by atoms with E-state index in [9.17, 15) is 4.79 Å². The monoisotopic (exact) mass is 305 g/mol. The van der Waals surface area contributed by atoms with Gasteiger partial charge in [-0.25, -0.2) is 0 Å². The Morgan fingerprint density at radius 3 is 2.76 bits per heavy atom. The van der Waals surface area contributed by atoms with E-state index < -0.39 is 0 Å². The van der Waals surface area contributed by atoms with E-state index in [0.29, 0.717) is 17.7 Å². The van der Waals surface area contributed by atoms with Crippen molar-refractivity contribution in [3.63, 3.8) is 0 Å². The van der Waals surface area contributed by atoms with E-state index in [1.807, 2.05) is 0 Å². The maximum Gasteiger partial charge on any atom is 0.252 e. The van der Waals surface area contributed by atoms with Crippen LogP contribution in [0.2, 0.25) is 0 Å². The zero-order valence-corrected chi connectivity index (χ0v) is 13.7. The van der Waals surface area contributed by atoms with Gasteiger partial charge < -0.3 is 11.1 Å². The highest BCUT2D eigenvalue weighted by molar-refractivity contribution is 8.00. The van der Waals surface area contributed by atoms with Crippen LogP contribution >= 0.6 is 11.8 Å². The summed E-state index contributed by atoms with van der Waals surface area (Å²) in [5.41, 5.74) is 6.54. The summed E-state index contributed by atoms with van der Waals surface area (Å²) in [4.78, 5) is 16.4. The Morgan fingerprint density at radius 2 is 2.19 bits per heavy atom. The topological polar surface area (TPSA) is 68.0 Å². The molecule has 1 heterocycles. The lowest BCUT2D eigenvalue weighted by Crippen LogP contribution is -2.39. The fraction of sp³-hybridized carbons (Fsp3) is 0.500. The van der Waals surface area contributed by atoms with Gasteiger partial charge in [0.2, 0.25) is 0 Å². The van der Waals surface area contributed by atoms with E-state index in [1.165, 1.54) is 0 Å². The summed E-state index contributed by atoms with van der Waals surface area (Å²) in [7, 11) is 0. The van der Waals surface area contributed by atoms with Crippen LogP contribution in [0.3, 0.4) is 0 Å². The molecule has 0 radical (unpaired) electrons. The molecular weight excluding hydrogens is 282 g/mol. The van der Waals surface area contributed by atoms with E-state index in [1.54, 1.807) is 30.2 Å². The van der Waals surface area contributed by atoms with Gasteiger partial charge in [-0.3, -0.25) is 9.78 Å². The number of aromatic nitrogens is 1. The van der Waals surface area contributed by atoms with Crippen molar-refractivity contribution >= 4 is 17.7 Å². The first kappa shape index (κ1) is 17.5. The van der Waals surface area contributed by atoms with Crippen LogP contribution in [0.15, 0.2) is 18.5 Å². The van der Waals surface area contributed by atoms with Crippen molar-refractivity contribution in [1.29, 1.82) is 0 Å². The van der Waals surface area contributed by atoms with E-state index in [-0.39, 0.29) is 17.2 Å². The zero-order valence-electron chi connectivity index (χ0n) is 12.9. The summed E-state index contributed by atoms with van der Waals surface area (Å²) in [5, 5.41) is 3.02. The molecule has 3 N–H and O–H groups in total. The predicted octanol–water partition coefficient (Wildman–Crippen LogP) is 2.04. The number of nitrogens with zero attached hydrogens (tertiary/aromatic N) is 1. The molecule has 0 saturated heterocycles. The number of amides is 1. The number of carbonyl (C=O) groups excluding carboxylic acids is 1. The number of rotatable bonds is 6. The van der Waals surface area contributed by atoms with Crippen LogP contribution < -0.4 is 11.1 Å². The predicted molar refractivity (Wildman–Crippen MR) is 89.3 cm³/mol. The van der Waals surface area contributed by atoms with Crippen molar-refractivity contribution < 1.29 is 4.79 Å². The molecular formula is C16H23N3OS. The van der Waals surface area contributed by atoms with E-state index in [4.69, 9.17) is 5.73 Å². The van der Waals surface area contributed by atoms with Gasteiger partial charge in [-0.05, 0) is 25.2 Å². The number of nitrogens with one attached hydrogen (secondary N) is 1. The molecule has 0 bridgehead atoms. The van der Waals surface area contributed by atoms with Gasteiger partial charge in [-0.15, -0.1) is 0 Å². The molecule has 0 atom stereocenters. The molecule has 1 aromatic heterocycles. The average Bonchev–Trinajstić information content (AvgIpc) is 2.54. The third-order valence-corrected chi connectivity index (χ3v) is 5.27. The second kappa shape index (κ2) is 8.71. The van der Waals surface area contributed by atoms with E-state index >= 15 is 0 Å². The molecule has 0 saturated carbocycles. The molecule has 0 aromatic carbocycles. The molecule has 0 fully saturated rings. The quantitative estimate of drug-likeness (QED) is 0.789. The van der Waals surface area contributed by atoms with E-state index in [2.05, 4.69) is 42.2 Å². The third kappa shape index (κ3) is 4.76. The number of nitrogens with two attached hydrogens (primary N) is 1. The second-order valence-corrected chi connectivity index (χ2v) is 5.98. The average molecular weight is 305 g/mol. The maximum absolute atomic E-state index is 12.4. The van der Waals surface area contributed by atoms with Gasteiger partial charge in [0.05, 0.1) is 17.7 Å². The molecule has 1 rings (SSSR count). The van der Waals surface area contributed by atoms with Crippen LogP contribution in [0.25, 0.3) is 0 Å². The number of carbonyl (C=O) groups is 1. The molecule has 114 valence electrons. The normalized spacial score (nSPS) is 10.7. The fourth-order valence-electron chi connectivity index (χ4n) is 2.04. The standard InChI is InChI=1S/C16H23N3OS/c1-4-16(5-2,21-3)12-19-15(20)14-8-10-18-11-13(14)7-6-9-17/h8,10-11H,4-5,9,12,17H2,1-3H3,(H,19,20). The molecule has 0 aliphatic carbocycles. The van der Waals surface area contributed by atoms with Gasteiger partial charge in [-0.2, -0.15) is 11.8 Å². The summed E-state index contributed by atoms with van der Waals surface area (Å²) in [5.74, 6) is 5.54. The lowest BCUT2D eigenvalue weighted by atomic mass is 10.0. The minimum absolute atomic E-state index is 0.0891. The van der Waals surface area contributed by atoms with Gasteiger partial charge in [0.15, 0.2) is 0 Å². The second-order valence-electron chi connectivity index (χ2n) is 4.70. The SMILES string of the molecule is CCC(CC)(CNC(=O)c1ccncc1C#CCN)SC. The Bertz CT molecular complexity index is 522. The highest BCUT2D eigenvalue weighted by Crippen LogP contribution is 2.29. The van der Waals surface area contributed by atoms with Crippen molar-refractivity contribution in [1.82, 2.24) is 10.3 Å². The maximum atomic E-state index is 12.4. The molecule has 1 aromatic rings. The fourth-order valence-corrected chi connectivity index (χ4v) is 2.83. The van der Waals surface area contributed by atoms with Gasteiger partial charge in [0.1, 0.15) is 0 Å². The van der Waals surface area contributed by atoms with Gasteiger partial charge in [0, 0.05) is 23.7 Å². The van der Waals surface area contributed by atoms with Crippen molar-refractivity contribution in [3.05, 3.63) is 29.6 Å². The van der Waals surface area contributed by atoms with Crippen molar-refractivity contribution in [2.75, 3.05) is 19.3 Å². The number of pyridine rings is 1. The zero-order chi connectivity index (χ0) is 15.7. The van der Waals surface area contributed by atoms with Crippen molar-refractivity contribution in [2.45, 2.75) is 31.4 Å². The Kier molecular flexibility index (Phi) is 7.27. The first-order valence-electron chi connectivity index (χ1n) is 7.08. The molecule has 5 heteroatoms. The lowest BCUT2D eigenvalue weighted by molar-refractivity contribution is 0.0948. The Labute approximate surface area is 131 Å². The summed E-state index contributed by atoms with van der Waals surface area (Å²) < 4.78 is 0.0891. The Morgan fingerprint density at radius 1 is 1.48 bits per heavy atom. The molecule has 0 aliphatic heterocycles. The van der Waals surface area contributed by atoms with Crippen LogP contribution in [0.5, 0.6) is 0 Å².